The third kappa shape index (κ3) is 4.29. The molecular weight excluding hydrogens is 196 g/mol. The number of aliphatic carboxylic acids is 1. The zero-order chi connectivity index (χ0) is 11.3. The van der Waals surface area contributed by atoms with Crippen molar-refractivity contribution in [1.82, 2.24) is 10.6 Å². The average Bonchev–Trinajstić information content (AvgIpc) is 2.17. The van der Waals surface area contributed by atoms with E-state index in [0.717, 1.165) is 25.9 Å². The molecule has 1 aliphatic heterocycles. The minimum absolute atomic E-state index is 0.00903. The highest BCUT2D eigenvalue weighted by molar-refractivity contribution is 5.79. The van der Waals surface area contributed by atoms with Gasteiger partial charge in [0.05, 0.1) is 6.42 Å². The molecule has 86 valence electrons. The van der Waals surface area contributed by atoms with Gasteiger partial charge in [-0.05, 0) is 32.9 Å². The normalized spacial score (nSPS) is 19.5. The van der Waals surface area contributed by atoms with Crippen molar-refractivity contribution in [3.63, 3.8) is 0 Å². The van der Waals surface area contributed by atoms with Crippen LogP contribution in [0.2, 0.25) is 0 Å². The van der Waals surface area contributed by atoms with Crippen LogP contribution in [-0.4, -0.2) is 36.1 Å². The Morgan fingerprint density at radius 1 is 1.47 bits per heavy atom. The number of nitrogens with one attached hydrogen (secondary N) is 2. The number of carbonyl (C=O) groups is 2. The summed E-state index contributed by atoms with van der Waals surface area (Å²) in [4.78, 5) is 22.1. The van der Waals surface area contributed by atoms with Crippen molar-refractivity contribution < 1.29 is 14.7 Å². The smallest absolute Gasteiger partial charge is 0.305 e. The van der Waals surface area contributed by atoms with Crippen molar-refractivity contribution in [3.8, 4) is 0 Å². The monoisotopic (exact) mass is 214 g/mol. The van der Waals surface area contributed by atoms with Gasteiger partial charge >= 0.3 is 5.97 Å². The lowest BCUT2D eigenvalue weighted by Gasteiger charge is -2.23. The van der Waals surface area contributed by atoms with E-state index in [1.165, 1.54) is 0 Å². The molecule has 0 bridgehead atoms. The second kappa shape index (κ2) is 5.70. The molecule has 1 heterocycles. The fraction of sp³-hybridized carbons (Fsp3) is 0.800. The van der Waals surface area contributed by atoms with E-state index in [9.17, 15) is 9.59 Å². The van der Waals surface area contributed by atoms with E-state index in [-0.39, 0.29) is 24.3 Å². The Balaban J connectivity index is 2.30. The molecule has 0 radical (unpaired) electrons. The van der Waals surface area contributed by atoms with Crippen molar-refractivity contribution in [2.45, 2.75) is 32.2 Å². The lowest BCUT2D eigenvalue weighted by Crippen LogP contribution is -2.42. The molecule has 1 atom stereocenters. The summed E-state index contributed by atoms with van der Waals surface area (Å²) >= 11 is 0. The van der Waals surface area contributed by atoms with E-state index in [4.69, 9.17) is 5.11 Å². The molecule has 0 aromatic carbocycles. The molecule has 1 amide bonds. The van der Waals surface area contributed by atoms with E-state index < -0.39 is 5.97 Å². The highest BCUT2D eigenvalue weighted by Crippen LogP contribution is 2.11. The Morgan fingerprint density at radius 3 is 2.60 bits per heavy atom. The summed E-state index contributed by atoms with van der Waals surface area (Å²) in [5.41, 5.74) is 0. The highest BCUT2D eigenvalue weighted by Gasteiger charge is 2.22. The third-order valence-electron chi connectivity index (χ3n) is 2.58. The number of carbonyl (C=O) groups excluding carboxylic acids is 1. The van der Waals surface area contributed by atoms with Gasteiger partial charge in [-0.2, -0.15) is 0 Å². The standard InChI is InChI=1S/C10H18N2O3/c1-7(6-9(13)14)12-10(15)8-2-4-11-5-3-8/h7-8,11H,2-6H2,1H3,(H,12,15)(H,13,14). The number of piperidine rings is 1. The molecule has 0 spiro atoms. The van der Waals surface area contributed by atoms with Crippen LogP contribution in [0.1, 0.15) is 26.2 Å². The molecule has 1 unspecified atom stereocenters. The van der Waals surface area contributed by atoms with Crippen LogP contribution < -0.4 is 10.6 Å². The molecule has 1 saturated heterocycles. The van der Waals surface area contributed by atoms with Crippen molar-refractivity contribution in [2.75, 3.05) is 13.1 Å². The predicted molar refractivity (Wildman–Crippen MR) is 55.5 cm³/mol. The van der Waals surface area contributed by atoms with Gasteiger partial charge in [0.2, 0.25) is 5.91 Å². The number of hydrogen-bond donors (Lipinski definition) is 3. The Kier molecular flexibility index (Phi) is 4.55. The zero-order valence-electron chi connectivity index (χ0n) is 8.95. The number of rotatable bonds is 4. The molecular formula is C10H18N2O3. The van der Waals surface area contributed by atoms with Crippen LogP contribution >= 0.6 is 0 Å². The fourth-order valence-electron chi connectivity index (χ4n) is 1.76. The average molecular weight is 214 g/mol. The van der Waals surface area contributed by atoms with Gasteiger partial charge in [-0.3, -0.25) is 9.59 Å². The number of carboxylic acids is 1. The fourth-order valence-corrected chi connectivity index (χ4v) is 1.76. The third-order valence-corrected chi connectivity index (χ3v) is 2.58. The summed E-state index contributed by atoms with van der Waals surface area (Å²) in [6, 6.07) is -0.287. The van der Waals surface area contributed by atoms with E-state index in [2.05, 4.69) is 10.6 Å². The summed E-state index contributed by atoms with van der Waals surface area (Å²) in [6.07, 6.45) is 1.66. The molecule has 15 heavy (non-hydrogen) atoms. The van der Waals surface area contributed by atoms with E-state index in [1.54, 1.807) is 6.92 Å². The quantitative estimate of drug-likeness (QED) is 0.614. The topological polar surface area (TPSA) is 78.4 Å². The van der Waals surface area contributed by atoms with Gasteiger partial charge in [-0.25, -0.2) is 0 Å². The minimum atomic E-state index is -0.881. The Morgan fingerprint density at radius 2 is 2.07 bits per heavy atom. The van der Waals surface area contributed by atoms with Crippen LogP contribution in [0.3, 0.4) is 0 Å². The molecule has 0 saturated carbocycles. The molecule has 0 aromatic heterocycles. The summed E-state index contributed by atoms with van der Waals surface area (Å²) < 4.78 is 0. The van der Waals surface area contributed by atoms with Gasteiger partial charge in [-0.1, -0.05) is 0 Å². The summed E-state index contributed by atoms with van der Waals surface area (Å²) in [7, 11) is 0. The molecule has 1 aliphatic rings. The first-order valence-electron chi connectivity index (χ1n) is 5.32. The number of amides is 1. The van der Waals surface area contributed by atoms with Crippen LogP contribution in [-0.2, 0) is 9.59 Å². The van der Waals surface area contributed by atoms with Crippen molar-refractivity contribution >= 4 is 11.9 Å². The maximum Gasteiger partial charge on any atom is 0.305 e. The van der Waals surface area contributed by atoms with Gasteiger partial charge in [0.25, 0.3) is 0 Å². The van der Waals surface area contributed by atoms with Crippen molar-refractivity contribution in [3.05, 3.63) is 0 Å². The minimum Gasteiger partial charge on any atom is -0.481 e. The Hall–Kier alpha value is -1.10. The first-order chi connectivity index (χ1) is 7.09. The van der Waals surface area contributed by atoms with Crippen LogP contribution in [0.15, 0.2) is 0 Å². The maximum absolute atomic E-state index is 11.7. The van der Waals surface area contributed by atoms with E-state index in [0.29, 0.717) is 0 Å². The van der Waals surface area contributed by atoms with E-state index >= 15 is 0 Å². The molecule has 1 rings (SSSR count). The molecule has 0 aromatic rings. The predicted octanol–water partition coefficient (Wildman–Crippen LogP) is -0.0346. The van der Waals surface area contributed by atoms with Crippen molar-refractivity contribution in [2.24, 2.45) is 5.92 Å². The Bertz CT molecular complexity index is 237. The summed E-state index contributed by atoms with van der Waals surface area (Å²) in [5, 5.41) is 14.5. The largest absolute Gasteiger partial charge is 0.481 e. The second-order valence-electron chi connectivity index (χ2n) is 4.03. The summed E-state index contributed by atoms with van der Waals surface area (Å²) in [6.45, 7) is 3.45. The SMILES string of the molecule is CC(CC(=O)O)NC(=O)C1CCNCC1. The lowest BCUT2D eigenvalue weighted by molar-refractivity contribution is -0.137. The molecule has 3 N–H and O–H groups in total. The van der Waals surface area contributed by atoms with Crippen LogP contribution in [0, 0.1) is 5.92 Å². The van der Waals surface area contributed by atoms with Crippen LogP contribution in [0.5, 0.6) is 0 Å². The van der Waals surface area contributed by atoms with E-state index in [1.807, 2.05) is 0 Å². The highest BCUT2D eigenvalue weighted by atomic mass is 16.4. The van der Waals surface area contributed by atoms with Gasteiger partial charge < -0.3 is 15.7 Å². The molecule has 5 heteroatoms. The summed E-state index contributed by atoms with van der Waals surface area (Å²) in [5.74, 6) is -0.846. The molecule has 5 nitrogen and oxygen atoms in total. The lowest BCUT2D eigenvalue weighted by atomic mass is 9.97. The van der Waals surface area contributed by atoms with Gasteiger partial charge in [-0.15, -0.1) is 0 Å². The molecule has 0 aliphatic carbocycles. The number of carboxylic acid groups (broad SMARTS) is 1. The number of hydrogen-bond acceptors (Lipinski definition) is 3. The van der Waals surface area contributed by atoms with Gasteiger partial charge in [0.1, 0.15) is 0 Å². The van der Waals surface area contributed by atoms with Gasteiger partial charge in [0, 0.05) is 12.0 Å². The van der Waals surface area contributed by atoms with Crippen LogP contribution in [0.4, 0.5) is 0 Å². The Labute approximate surface area is 89.2 Å². The molecule has 1 fully saturated rings. The van der Waals surface area contributed by atoms with Gasteiger partial charge in [0.15, 0.2) is 0 Å². The first-order valence-corrected chi connectivity index (χ1v) is 5.32. The van der Waals surface area contributed by atoms with Crippen LogP contribution in [0.25, 0.3) is 0 Å². The first kappa shape index (κ1) is 12.0. The maximum atomic E-state index is 11.7. The second-order valence-corrected chi connectivity index (χ2v) is 4.03. The van der Waals surface area contributed by atoms with Crippen molar-refractivity contribution in [1.29, 1.82) is 0 Å². The zero-order valence-corrected chi connectivity index (χ0v) is 8.95.